The van der Waals surface area contributed by atoms with Crippen LogP contribution in [-0.2, 0) is 9.53 Å². The highest BCUT2D eigenvalue weighted by molar-refractivity contribution is 5.92. The first kappa shape index (κ1) is 18.4. The Morgan fingerprint density at radius 1 is 1.08 bits per heavy atom. The summed E-state index contributed by atoms with van der Waals surface area (Å²) in [4.78, 5) is 34.6. The summed E-state index contributed by atoms with van der Waals surface area (Å²) >= 11 is 0. The van der Waals surface area contributed by atoms with E-state index >= 15 is 0 Å². The van der Waals surface area contributed by atoms with Crippen molar-refractivity contribution in [1.82, 2.24) is 5.32 Å². The highest BCUT2D eigenvalue weighted by Crippen LogP contribution is 2.17. The molecule has 0 aromatic heterocycles. The molecule has 130 valence electrons. The normalized spacial score (nSPS) is 11.4. The van der Waals surface area contributed by atoms with E-state index in [1.807, 2.05) is 38.1 Å². The van der Waals surface area contributed by atoms with Gasteiger partial charge in [0.05, 0.1) is 11.6 Å². The van der Waals surface area contributed by atoms with E-state index in [2.05, 4.69) is 5.32 Å². The number of aryl methyl sites for hydroxylation is 1. The summed E-state index contributed by atoms with van der Waals surface area (Å²) in [5, 5.41) is 2.87. The van der Waals surface area contributed by atoms with Gasteiger partial charge in [-0.05, 0) is 31.0 Å². The lowest BCUT2D eigenvalue weighted by Gasteiger charge is -2.17. The second kappa shape index (κ2) is 8.78. The zero-order valence-electron chi connectivity index (χ0n) is 14.3. The summed E-state index contributed by atoms with van der Waals surface area (Å²) in [5.41, 5.74) is 2.93. The molecule has 1 atom stereocenters. The van der Waals surface area contributed by atoms with E-state index in [1.54, 1.807) is 0 Å². The van der Waals surface area contributed by atoms with Crippen LogP contribution >= 0.6 is 0 Å². The summed E-state index contributed by atoms with van der Waals surface area (Å²) in [7, 11) is 0. The number of hydrogen-bond acceptors (Lipinski definition) is 4. The van der Waals surface area contributed by atoms with Crippen LogP contribution < -0.4 is 5.32 Å². The van der Waals surface area contributed by atoms with E-state index < -0.39 is 5.97 Å². The molecule has 0 aliphatic carbocycles. The van der Waals surface area contributed by atoms with Gasteiger partial charge in [-0.3, -0.25) is 9.59 Å². The molecule has 5 heteroatoms. The first-order valence-electron chi connectivity index (χ1n) is 8.11. The fraction of sp³-hybridized carbons (Fsp3) is 0.250. The first-order chi connectivity index (χ1) is 12.0. The van der Waals surface area contributed by atoms with Crippen LogP contribution in [0.2, 0.25) is 0 Å². The second-order valence-corrected chi connectivity index (χ2v) is 5.76. The number of benzene rings is 2. The largest absolute Gasteiger partial charge is 0.452 e. The second-order valence-electron chi connectivity index (χ2n) is 5.76. The molecule has 0 heterocycles. The Hall–Kier alpha value is -2.95. The predicted octanol–water partition coefficient (Wildman–Crippen LogP) is 3.23. The quantitative estimate of drug-likeness (QED) is 0.621. The number of rotatable bonds is 7. The van der Waals surface area contributed by atoms with Gasteiger partial charge in [0.15, 0.2) is 6.61 Å². The van der Waals surface area contributed by atoms with Crippen LogP contribution in [0.25, 0.3) is 0 Å². The summed E-state index contributed by atoms with van der Waals surface area (Å²) in [6.07, 6.45) is 1.43. The molecule has 0 saturated heterocycles. The SMILES string of the molecule is CC[C@@H](NC(=O)COC(=O)c1ccc(C=O)cc1)c1ccc(C)cc1. The maximum absolute atomic E-state index is 12.1. The molecule has 1 amide bonds. The van der Waals surface area contributed by atoms with Crippen molar-refractivity contribution in [2.75, 3.05) is 6.61 Å². The van der Waals surface area contributed by atoms with Crippen LogP contribution in [0, 0.1) is 6.92 Å². The molecule has 0 spiro atoms. The number of carbonyl (C=O) groups is 3. The molecule has 1 N–H and O–H groups in total. The molecule has 0 unspecified atom stereocenters. The van der Waals surface area contributed by atoms with Gasteiger partial charge in [-0.25, -0.2) is 4.79 Å². The van der Waals surface area contributed by atoms with E-state index in [9.17, 15) is 14.4 Å². The Bertz CT molecular complexity index is 735. The van der Waals surface area contributed by atoms with Crippen molar-refractivity contribution in [1.29, 1.82) is 0 Å². The monoisotopic (exact) mass is 339 g/mol. The number of esters is 1. The van der Waals surface area contributed by atoms with Crippen LogP contribution in [0.3, 0.4) is 0 Å². The molecule has 0 bridgehead atoms. The Morgan fingerprint density at radius 3 is 2.28 bits per heavy atom. The number of amides is 1. The van der Waals surface area contributed by atoms with Crippen molar-refractivity contribution in [2.45, 2.75) is 26.3 Å². The summed E-state index contributed by atoms with van der Waals surface area (Å²) in [6, 6.07) is 13.8. The third kappa shape index (κ3) is 5.28. The van der Waals surface area contributed by atoms with Gasteiger partial charge in [0.2, 0.25) is 0 Å². The van der Waals surface area contributed by atoms with Crippen molar-refractivity contribution in [2.24, 2.45) is 0 Å². The molecule has 0 fully saturated rings. The van der Waals surface area contributed by atoms with E-state index in [0.29, 0.717) is 17.4 Å². The average Bonchev–Trinajstić information content (AvgIpc) is 2.65. The summed E-state index contributed by atoms with van der Waals surface area (Å²) in [6.45, 7) is 3.63. The van der Waals surface area contributed by atoms with Crippen LogP contribution in [-0.4, -0.2) is 24.8 Å². The lowest BCUT2D eigenvalue weighted by atomic mass is 10.0. The minimum Gasteiger partial charge on any atom is -0.452 e. The smallest absolute Gasteiger partial charge is 0.338 e. The lowest BCUT2D eigenvalue weighted by Crippen LogP contribution is -2.32. The molecule has 2 rings (SSSR count). The predicted molar refractivity (Wildman–Crippen MR) is 94.5 cm³/mol. The molecule has 0 aliphatic rings. The van der Waals surface area contributed by atoms with E-state index in [0.717, 1.165) is 17.5 Å². The van der Waals surface area contributed by atoms with Gasteiger partial charge < -0.3 is 10.1 Å². The summed E-state index contributed by atoms with van der Waals surface area (Å²) < 4.78 is 5.02. The van der Waals surface area contributed by atoms with Gasteiger partial charge in [-0.1, -0.05) is 48.9 Å². The minimum atomic E-state index is -0.601. The van der Waals surface area contributed by atoms with Crippen LogP contribution in [0.4, 0.5) is 0 Å². The topological polar surface area (TPSA) is 72.5 Å². The Labute approximate surface area is 147 Å². The van der Waals surface area contributed by atoms with Crippen molar-refractivity contribution in [3.63, 3.8) is 0 Å². The Balaban J connectivity index is 1.88. The van der Waals surface area contributed by atoms with Gasteiger partial charge in [0, 0.05) is 5.56 Å². The standard InChI is InChI=1S/C20H21NO4/c1-3-18(16-8-4-14(2)5-9-16)21-19(23)13-25-20(24)17-10-6-15(12-22)7-11-17/h4-12,18H,3,13H2,1-2H3,(H,21,23)/t18-/m1/s1. The van der Waals surface area contributed by atoms with Gasteiger partial charge in [-0.15, -0.1) is 0 Å². The van der Waals surface area contributed by atoms with Crippen molar-refractivity contribution < 1.29 is 19.1 Å². The molecule has 0 aliphatic heterocycles. The van der Waals surface area contributed by atoms with Crippen LogP contribution in [0.15, 0.2) is 48.5 Å². The van der Waals surface area contributed by atoms with Gasteiger partial charge in [0.1, 0.15) is 6.29 Å². The highest BCUT2D eigenvalue weighted by Gasteiger charge is 2.15. The maximum Gasteiger partial charge on any atom is 0.338 e. The van der Waals surface area contributed by atoms with Gasteiger partial charge in [-0.2, -0.15) is 0 Å². The number of nitrogens with one attached hydrogen (secondary N) is 1. The molecule has 5 nitrogen and oxygen atoms in total. The van der Waals surface area contributed by atoms with Crippen molar-refractivity contribution in [3.05, 3.63) is 70.8 Å². The number of ether oxygens (including phenoxy) is 1. The van der Waals surface area contributed by atoms with E-state index in [4.69, 9.17) is 4.74 Å². The molecule has 2 aromatic rings. The zero-order chi connectivity index (χ0) is 18.2. The van der Waals surface area contributed by atoms with Crippen molar-refractivity contribution in [3.8, 4) is 0 Å². The van der Waals surface area contributed by atoms with Crippen molar-refractivity contribution >= 4 is 18.2 Å². The van der Waals surface area contributed by atoms with E-state index in [1.165, 1.54) is 24.3 Å². The molecular weight excluding hydrogens is 318 g/mol. The molecule has 2 aromatic carbocycles. The molecule has 0 radical (unpaired) electrons. The number of carbonyl (C=O) groups excluding carboxylic acids is 3. The number of hydrogen-bond donors (Lipinski definition) is 1. The minimum absolute atomic E-state index is 0.126. The fourth-order valence-corrected chi connectivity index (χ4v) is 2.37. The molecule has 25 heavy (non-hydrogen) atoms. The van der Waals surface area contributed by atoms with Gasteiger partial charge in [0.25, 0.3) is 5.91 Å². The Kier molecular flexibility index (Phi) is 6.46. The van der Waals surface area contributed by atoms with E-state index in [-0.39, 0.29) is 18.6 Å². The highest BCUT2D eigenvalue weighted by atomic mass is 16.5. The van der Waals surface area contributed by atoms with Crippen LogP contribution in [0.5, 0.6) is 0 Å². The van der Waals surface area contributed by atoms with Gasteiger partial charge >= 0.3 is 5.97 Å². The molecule has 0 saturated carbocycles. The third-order valence-electron chi connectivity index (χ3n) is 3.84. The summed E-state index contributed by atoms with van der Waals surface area (Å²) in [5.74, 6) is -0.957. The number of aldehydes is 1. The third-order valence-corrected chi connectivity index (χ3v) is 3.84. The fourth-order valence-electron chi connectivity index (χ4n) is 2.37. The Morgan fingerprint density at radius 2 is 1.72 bits per heavy atom. The lowest BCUT2D eigenvalue weighted by molar-refractivity contribution is -0.125. The van der Waals surface area contributed by atoms with Crippen LogP contribution in [0.1, 0.15) is 51.2 Å². The maximum atomic E-state index is 12.1. The average molecular weight is 339 g/mol. The zero-order valence-corrected chi connectivity index (χ0v) is 14.3. The first-order valence-corrected chi connectivity index (χ1v) is 8.11. The molecular formula is C20H21NO4.